The van der Waals surface area contributed by atoms with Gasteiger partial charge in [-0.3, -0.25) is 4.79 Å². The second-order valence-corrected chi connectivity index (χ2v) is 5.60. The first kappa shape index (κ1) is 14.7. The lowest BCUT2D eigenvalue weighted by Crippen LogP contribution is -2.41. The number of aryl methyl sites for hydroxylation is 1. The van der Waals surface area contributed by atoms with Crippen molar-refractivity contribution < 1.29 is 18.7 Å². The highest BCUT2D eigenvalue weighted by atomic mass is 32.2. The summed E-state index contributed by atoms with van der Waals surface area (Å²) < 4.78 is 16.5. The zero-order chi connectivity index (χ0) is 15.4. The minimum atomic E-state index is -0.200. The van der Waals surface area contributed by atoms with Gasteiger partial charge < -0.3 is 19.2 Å². The molecule has 22 heavy (non-hydrogen) atoms. The molecule has 7 nitrogen and oxygen atoms in total. The van der Waals surface area contributed by atoms with Gasteiger partial charge in [0.2, 0.25) is 11.8 Å². The van der Waals surface area contributed by atoms with Crippen molar-refractivity contribution in [2.75, 3.05) is 18.9 Å². The molecular weight excluding hydrogens is 306 g/mol. The molecule has 2 heterocycles. The Hall–Kier alpha value is -2.22. The van der Waals surface area contributed by atoms with Gasteiger partial charge in [0.1, 0.15) is 12.7 Å². The molecule has 116 valence electrons. The van der Waals surface area contributed by atoms with E-state index in [0.717, 1.165) is 5.75 Å². The Morgan fingerprint density at radius 1 is 1.36 bits per heavy atom. The molecule has 1 aromatic carbocycles. The molecule has 1 N–H and O–H groups in total. The average molecular weight is 321 g/mol. The maximum Gasteiger partial charge on any atom is 0.277 e. The average Bonchev–Trinajstić information content (AvgIpc) is 2.96. The number of para-hydroxylation sites is 2. The van der Waals surface area contributed by atoms with Gasteiger partial charge in [-0.25, -0.2) is 0 Å². The van der Waals surface area contributed by atoms with Crippen LogP contribution in [-0.4, -0.2) is 41.1 Å². The predicted molar refractivity (Wildman–Crippen MR) is 79.1 cm³/mol. The molecule has 0 saturated heterocycles. The zero-order valence-electron chi connectivity index (χ0n) is 11.9. The molecule has 0 fully saturated rings. The monoisotopic (exact) mass is 321 g/mol. The summed E-state index contributed by atoms with van der Waals surface area (Å²) in [6.45, 7) is 2.50. The normalized spacial score (nSPS) is 16.3. The van der Waals surface area contributed by atoms with E-state index in [1.54, 1.807) is 6.92 Å². The lowest BCUT2D eigenvalue weighted by Gasteiger charge is -2.26. The summed E-state index contributed by atoms with van der Waals surface area (Å²) in [5, 5.41) is 10.7. The van der Waals surface area contributed by atoms with Crippen LogP contribution in [0.15, 0.2) is 33.9 Å². The third-order valence-corrected chi connectivity index (χ3v) is 3.75. The van der Waals surface area contributed by atoms with Crippen molar-refractivity contribution in [2.24, 2.45) is 0 Å². The predicted octanol–water partition coefficient (Wildman–Crippen LogP) is 1.43. The van der Waals surface area contributed by atoms with Crippen molar-refractivity contribution in [2.45, 2.75) is 18.3 Å². The lowest BCUT2D eigenvalue weighted by atomic mass is 10.2. The number of benzene rings is 1. The molecule has 3 rings (SSSR count). The highest BCUT2D eigenvalue weighted by molar-refractivity contribution is 7.99. The first-order valence-electron chi connectivity index (χ1n) is 6.79. The Labute approximate surface area is 131 Å². The van der Waals surface area contributed by atoms with Gasteiger partial charge in [0.05, 0.1) is 12.3 Å². The highest BCUT2D eigenvalue weighted by Crippen LogP contribution is 2.30. The molecule has 0 saturated carbocycles. The van der Waals surface area contributed by atoms with Gasteiger partial charge in [0.25, 0.3) is 5.22 Å². The van der Waals surface area contributed by atoms with Gasteiger partial charge in [-0.2, -0.15) is 0 Å². The number of carbonyl (C=O) groups excluding carboxylic acids is 1. The molecule has 0 spiro atoms. The van der Waals surface area contributed by atoms with Crippen molar-refractivity contribution in [1.29, 1.82) is 0 Å². The number of ether oxygens (including phenoxy) is 2. The third-order valence-electron chi connectivity index (χ3n) is 2.93. The second-order valence-electron chi connectivity index (χ2n) is 4.68. The number of rotatable bonds is 5. The van der Waals surface area contributed by atoms with Crippen LogP contribution in [0.1, 0.15) is 5.89 Å². The van der Waals surface area contributed by atoms with Gasteiger partial charge in [-0.1, -0.05) is 23.9 Å². The Kier molecular flexibility index (Phi) is 4.47. The minimum absolute atomic E-state index is 0.122. The molecule has 0 bridgehead atoms. The number of nitrogens with one attached hydrogen (secondary N) is 1. The minimum Gasteiger partial charge on any atom is -0.486 e. The van der Waals surface area contributed by atoms with Gasteiger partial charge in [-0.15, -0.1) is 10.2 Å². The van der Waals surface area contributed by atoms with Gasteiger partial charge in [0, 0.05) is 6.92 Å². The standard InChI is InChI=1S/C14H15N3O4S/c1-9-16-17-14(20-9)22-8-13(18)15-6-10-7-19-11-4-2-3-5-12(11)21-10/h2-5,10H,6-8H2,1H3,(H,15,18)/t10-/m1/s1. The van der Waals surface area contributed by atoms with Crippen LogP contribution < -0.4 is 14.8 Å². The lowest BCUT2D eigenvalue weighted by molar-refractivity contribution is -0.119. The molecule has 1 aliphatic heterocycles. The number of nitrogens with zero attached hydrogens (tertiary/aromatic N) is 2. The van der Waals surface area contributed by atoms with Crippen LogP contribution in [0.2, 0.25) is 0 Å². The number of carbonyl (C=O) groups is 1. The highest BCUT2D eigenvalue weighted by Gasteiger charge is 2.21. The summed E-state index contributed by atoms with van der Waals surface area (Å²) in [6, 6.07) is 7.47. The fraction of sp³-hybridized carbons (Fsp3) is 0.357. The summed E-state index contributed by atoms with van der Waals surface area (Å²) in [5.74, 6) is 2.00. The second kappa shape index (κ2) is 6.69. The van der Waals surface area contributed by atoms with Crippen molar-refractivity contribution in [3.05, 3.63) is 30.2 Å². The Morgan fingerprint density at radius 2 is 2.18 bits per heavy atom. The topological polar surface area (TPSA) is 86.5 Å². The molecule has 0 radical (unpaired) electrons. The summed E-state index contributed by atoms with van der Waals surface area (Å²) in [6.07, 6.45) is -0.200. The van der Waals surface area contributed by atoms with Crippen molar-refractivity contribution in [3.8, 4) is 11.5 Å². The van der Waals surface area contributed by atoms with E-state index in [1.807, 2.05) is 24.3 Å². The Bertz CT molecular complexity index is 661. The van der Waals surface area contributed by atoms with Crippen molar-refractivity contribution in [3.63, 3.8) is 0 Å². The smallest absolute Gasteiger partial charge is 0.277 e. The third kappa shape index (κ3) is 3.70. The first-order chi connectivity index (χ1) is 10.7. The largest absolute Gasteiger partial charge is 0.486 e. The summed E-state index contributed by atoms with van der Waals surface area (Å²) in [5.41, 5.74) is 0. The molecule has 0 aliphatic carbocycles. The summed E-state index contributed by atoms with van der Waals surface area (Å²) in [7, 11) is 0. The van der Waals surface area contributed by atoms with Gasteiger partial charge in [-0.05, 0) is 12.1 Å². The molecule has 2 aromatic rings. The fourth-order valence-corrected chi connectivity index (χ4v) is 2.54. The fourth-order valence-electron chi connectivity index (χ4n) is 1.91. The molecule has 1 atom stereocenters. The van der Waals surface area contributed by atoms with Crippen molar-refractivity contribution in [1.82, 2.24) is 15.5 Å². The summed E-state index contributed by atoms with van der Waals surface area (Å²) >= 11 is 1.20. The van der Waals surface area contributed by atoms with Gasteiger partial charge >= 0.3 is 0 Å². The van der Waals surface area contributed by atoms with Crippen molar-refractivity contribution >= 4 is 17.7 Å². The van der Waals surface area contributed by atoms with E-state index in [9.17, 15) is 4.79 Å². The van der Waals surface area contributed by atoms with Crippen LogP contribution in [0.3, 0.4) is 0 Å². The molecule has 1 aromatic heterocycles. The van der Waals surface area contributed by atoms with Crippen LogP contribution in [-0.2, 0) is 4.79 Å². The SMILES string of the molecule is Cc1nnc(SCC(=O)NC[C@@H]2COc3ccccc3O2)o1. The van der Waals surface area contributed by atoms with E-state index in [0.29, 0.717) is 30.0 Å². The zero-order valence-corrected chi connectivity index (χ0v) is 12.8. The molecule has 8 heteroatoms. The van der Waals surface area contributed by atoms with E-state index in [-0.39, 0.29) is 17.8 Å². The van der Waals surface area contributed by atoms with E-state index in [4.69, 9.17) is 13.9 Å². The van der Waals surface area contributed by atoms with Crippen LogP contribution >= 0.6 is 11.8 Å². The summed E-state index contributed by atoms with van der Waals surface area (Å²) in [4.78, 5) is 11.8. The van der Waals surface area contributed by atoms with E-state index < -0.39 is 0 Å². The van der Waals surface area contributed by atoms with E-state index in [1.165, 1.54) is 11.8 Å². The van der Waals surface area contributed by atoms with E-state index in [2.05, 4.69) is 15.5 Å². The van der Waals surface area contributed by atoms with Crippen LogP contribution in [0, 0.1) is 6.92 Å². The number of thioether (sulfide) groups is 1. The van der Waals surface area contributed by atoms with Crippen LogP contribution in [0.5, 0.6) is 11.5 Å². The number of hydrogen-bond acceptors (Lipinski definition) is 7. The number of aromatic nitrogens is 2. The first-order valence-corrected chi connectivity index (χ1v) is 7.77. The maximum absolute atomic E-state index is 11.8. The molecular formula is C14H15N3O4S. The molecule has 0 unspecified atom stereocenters. The maximum atomic E-state index is 11.8. The van der Waals surface area contributed by atoms with Crippen LogP contribution in [0.4, 0.5) is 0 Å². The van der Waals surface area contributed by atoms with E-state index >= 15 is 0 Å². The molecule has 1 aliphatic rings. The molecule has 1 amide bonds. The quantitative estimate of drug-likeness (QED) is 0.834. The van der Waals surface area contributed by atoms with Gasteiger partial charge in [0.15, 0.2) is 11.5 Å². The Morgan fingerprint density at radius 3 is 2.95 bits per heavy atom. The van der Waals surface area contributed by atoms with Crippen LogP contribution in [0.25, 0.3) is 0 Å². The Balaban J connectivity index is 1.42. The number of amides is 1. The number of hydrogen-bond donors (Lipinski definition) is 1. The number of fused-ring (bicyclic) bond motifs is 1.